The number of nitrogens with one attached hydrogen (secondary N) is 1. The van der Waals surface area contributed by atoms with Crippen molar-refractivity contribution in [3.05, 3.63) is 58.4 Å². The molecule has 0 aromatic heterocycles. The maximum absolute atomic E-state index is 14.4. The number of rotatable bonds is 7. The molecule has 1 heterocycles. The first kappa shape index (κ1) is 25.1. The number of nitrogens with zero attached hydrogens (tertiary/aromatic N) is 1. The molecule has 1 aliphatic rings. The molecule has 0 saturated carbocycles. The van der Waals surface area contributed by atoms with Crippen molar-refractivity contribution >= 4 is 33.2 Å². The third-order valence-corrected chi connectivity index (χ3v) is 6.78. The van der Waals surface area contributed by atoms with Gasteiger partial charge in [0, 0.05) is 18.3 Å². The van der Waals surface area contributed by atoms with Gasteiger partial charge in [0.15, 0.2) is 0 Å². The Morgan fingerprint density at radius 3 is 2.52 bits per heavy atom. The molecule has 2 aromatic rings. The van der Waals surface area contributed by atoms with Gasteiger partial charge in [-0.1, -0.05) is 11.6 Å². The molecule has 33 heavy (non-hydrogen) atoms. The van der Waals surface area contributed by atoms with E-state index in [1.807, 2.05) is 4.90 Å². The lowest BCUT2D eigenvalue weighted by Crippen LogP contribution is -2.34. The Morgan fingerprint density at radius 1 is 1.24 bits per heavy atom. The summed E-state index contributed by atoms with van der Waals surface area (Å²) in [5.74, 6) is -2.55. The standard InChI is InChI=1S/C21H21ClF4N2O4S/c1-2-33(30,31)27-20(29)16-10-17(22)19(11-18(16)23)32-12-15-4-3-9-28(15)14-7-5-13(6-8-14)21(24,25)26/h5-8,10-11,15H,2-4,9,12H2,1H3,(H,27,29). The highest BCUT2D eigenvalue weighted by molar-refractivity contribution is 7.90. The average molecular weight is 509 g/mol. The van der Waals surface area contributed by atoms with Crippen LogP contribution < -0.4 is 14.4 Å². The van der Waals surface area contributed by atoms with Crippen LogP contribution in [0.3, 0.4) is 0 Å². The van der Waals surface area contributed by atoms with Crippen LogP contribution in [0.5, 0.6) is 5.75 Å². The van der Waals surface area contributed by atoms with E-state index in [9.17, 15) is 30.8 Å². The summed E-state index contributed by atoms with van der Waals surface area (Å²) in [5.41, 5.74) is -0.677. The summed E-state index contributed by atoms with van der Waals surface area (Å²) in [6, 6.07) is 6.51. The number of anilines is 1. The molecule has 1 unspecified atom stereocenters. The zero-order valence-corrected chi connectivity index (χ0v) is 19.0. The smallest absolute Gasteiger partial charge is 0.416 e. The van der Waals surface area contributed by atoms with Crippen LogP contribution in [-0.2, 0) is 16.2 Å². The fraction of sp³-hybridized carbons (Fsp3) is 0.381. The number of carbonyl (C=O) groups is 1. The van der Waals surface area contributed by atoms with Crippen LogP contribution in [0.1, 0.15) is 35.7 Å². The topological polar surface area (TPSA) is 75.7 Å². The van der Waals surface area contributed by atoms with E-state index in [-0.39, 0.29) is 29.2 Å². The van der Waals surface area contributed by atoms with Crippen molar-refractivity contribution in [2.45, 2.75) is 32.0 Å². The lowest BCUT2D eigenvalue weighted by atomic mass is 10.1. The minimum Gasteiger partial charge on any atom is -0.490 e. The molecule has 1 atom stereocenters. The molecule has 0 radical (unpaired) electrons. The van der Waals surface area contributed by atoms with Gasteiger partial charge in [-0.3, -0.25) is 4.79 Å². The minimum absolute atomic E-state index is 0.0386. The molecule has 1 fully saturated rings. The molecule has 2 aromatic carbocycles. The predicted octanol–water partition coefficient (Wildman–Crippen LogP) is 4.63. The molecular formula is C21H21ClF4N2O4S. The summed E-state index contributed by atoms with van der Waals surface area (Å²) < 4.78 is 83.3. The summed E-state index contributed by atoms with van der Waals surface area (Å²) in [6.45, 7) is 2.02. The van der Waals surface area contributed by atoms with Crippen LogP contribution in [0, 0.1) is 5.82 Å². The van der Waals surface area contributed by atoms with E-state index in [1.54, 1.807) is 4.72 Å². The zero-order chi connectivity index (χ0) is 24.4. The quantitative estimate of drug-likeness (QED) is 0.552. The molecule has 3 rings (SSSR count). The van der Waals surface area contributed by atoms with Gasteiger partial charge < -0.3 is 9.64 Å². The van der Waals surface area contributed by atoms with Gasteiger partial charge in [0.2, 0.25) is 10.0 Å². The van der Waals surface area contributed by atoms with Crippen LogP contribution in [0.15, 0.2) is 36.4 Å². The number of carbonyl (C=O) groups excluding carboxylic acids is 1. The first-order valence-electron chi connectivity index (χ1n) is 10.0. The Kier molecular flexibility index (Phi) is 7.42. The van der Waals surface area contributed by atoms with Gasteiger partial charge in [0.25, 0.3) is 5.91 Å². The third-order valence-electron chi connectivity index (χ3n) is 5.23. The van der Waals surface area contributed by atoms with Crippen LogP contribution >= 0.6 is 11.6 Å². The second-order valence-corrected chi connectivity index (χ2v) is 9.86. The number of sulfonamides is 1. The number of amides is 1. The van der Waals surface area contributed by atoms with Crippen molar-refractivity contribution in [3.63, 3.8) is 0 Å². The number of alkyl halides is 3. The fourth-order valence-corrected chi connectivity index (χ4v) is 4.21. The van der Waals surface area contributed by atoms with E-state index in [0.29, 0.717) is 18.7 Å². The van der Waals surface area contributed by atoms with Crippen LogP contribution in [0.25, 0.3) is 0 Å². The highest BCUT2D eigenvalue weighted by Gasteiger charge is 2.31. The largest absolute Gasteiger partial charge is 0.490 e. The second kappa shape index (κ2) is 9.76. The van der Waals surface area contributed by atoms with E-state index in [4.69, 9.17) is 16.3 Å². The predicted molar refractivity (Wildman–Crippen MR) is 116 cm³/mol. The average Bonchev–Trinajstić information content (AvgIpc) is 3.21. The molecule has 6 nitrogen and oxygen atoms in total. The summed E-state index contributed by atoms with van der Waals surface area (Å²) in [6.07, 6.45) is -2.92. The van der Waals surface area contributed by atoms with Gasteiger partial charge in [-0.05, 0) is 50.1 Å². The van der Waals surface area contributed by atoms with Crippen molar-refractivity contribution in [1.29, 1.82) is 0 Å². The minimum atomic E-state index is -4.42. The van der Waals surface area contributed by atoms with Crippen LogP contribution in [0.4, 0.5) is 23.2 Å². The van der Waals surface area contributed by atoms with Crippen molar-refractivity contribution in [2.75, 3.05) is 23.8 Å². The Hall–Kier alpha value is -2.53. The zero-order valence-electron chi connectivity index (χ0n) is 17.5. The van der Waals surface area contributed by atoms with Gasteiger partial charge in [0.1, 0.15) is 18.2 Å². The maximum Gasteiger partial charge on any atom is 0.416 e. The summed E-state index contributed by atoms with van der Waals surface area (Å²) in [4.78, 5) is 14.0. The number of ether oxygens (including phenoxy) is 1. The third kappa shape index (κ3) is 6.08. The van der Waals surface area contributed by atoms with E-state index < -0.39 is 39.1 Å². The first-order chi connectivity index (χ1) is 15.4. The van der Waals surface area contributed by atoms with Crippen molar-refractivity contribution in [1.82, 2.24) is 4.72 Å². The van der Waals surface area contributed by atoms with Gasteiger partial charge in [-0.15, -0.1) is 0 Å². The maximum atomic E-state index is 14.4. The summed E-state index contributed by atoms with van der Waals surface area (Å²) in [5, 5.41) is -0.0884. The van der Waals surface area contributed by atoms with Gasteiger partial charge in [-0.2, -0.15) is 13.2 Å². The Balaban J connectivity index is 1.70. The Bertz CT molecular complexity index is 1120. The SMILES string of the molecule is CCS(=O)(=O)NC(=O)c1cc(Cl)c(OCC2CCCN2c2ccc(C(F)(F)F)cc2)cc1F. The molecule has 180 valence electrons. The summed E-state index contributed by atoms with van der Waals surface area (Å²) >= 11 is 6.11. The molecule has 1 N–H and O–H groups in total. The van der Waals surface area contributed by atoms with Gasteiger partial charge >= 0.3 is 6.18 Å². The van der Waals surface area contributed by atoms with E-state index in [2.05, 4.69) is 0 Å². The molecular weight excluding hydrogens is 488 g/mol. The first-order valence-corrected chi connectivity index (χ1v) is 12.0. The van der Waals surface area contributed by atoms with E-state index in [1.165, 1.54) is 19.1 Å². The lowest BCUT2D eigenvalue weighted by molar-refractivity contribution is -0.137. The highest BCUT2D eigenvalue weighted by atomic mass is 35.5. The van der Waals surface area contributed by atoms with Crippen LogP contribution in [0.2, 0.25) is 5.02 Å². The summed E-state index contributed by atoms with van der Waals surface area (Å²) in [7, 11) is -3.88. The van der Waals surface area contributed by atoms with Crippen LogP contribution in [-0.4, -0.2) is 39.3 Å². The van der Waals surface area contributed by atoms with E-state index >= 15 is 0 Å². The number of benzene rings is 2. The molecule has 0 spiro atoms. The number of halogens is 5. The van der Waals surface area contributed by atoms with Crippen molar-refractivity contribution in [2.24, 2.45) is 0 Å². The monoisotopic (exact) mass is 508 g/mol. The molecule has 1 aliphatic heterocycles. The molecule has 1 saturated heterocycles. The fourth-order valence-electron chi connectivity index (χ4n) is 3.46. The number of hydrogen-bond donors (Lipinski definition) is 1. The molecule has 0 aliphatic carbocycles. The van der Waals surface area contributed by atoms with E-state index in [0.717, 1.165) is 30.7 Å². The lowest BCUT2D eigenvalue weighted by Gasteiger charge is -2.27. The number of hydrogen-bond acceptors (Lipinski definition) is 5. The van der Waals surface area contributed by atoms with Crippen molar-refractivity contribution in [3.8, 4) is 5.75 Å². The molecule has 0 bridgehead atoms. The Morgan fingerprint density at radius 2 is 1.91 bits per heavy atom. The molecule has 12 heteroatoms. The van der Waals surface area contributed by atoms with Crippen molar-refractivity contribution < 1.29 is 35.5 Å². The highest BCUT2D eigenvalue weighted by Crippen LogP contribution is 2.33. The molecule has 1 amide bonds. The second-order valence-electron chi connectivity index (χ2n) is 7.44. The Labute approximate surface area is 193 Å². The van der Waals surface area contributed by atoms with Gasteiger partial charge in [-0.25, -0.2) is 17.5 Å². The van der Waals surface area contributed by atoms with Gasteiger partial charge in [0.05, 0.1) is 27.9 Å². The normalized spacial score (nSPS) is 16.7.